The molecule has 0 aliphatic carbocycles. The summed E-state index contributed by atoms with van der Waals surface area (Å²) >= 11 is 5.36. The molecule has 0 aromatic heterocycles. The maximum Gasteiger partial charge on any atom is 0.127 e. The molecule has 0 fully saturated rings. The lowest BCUT2D eigenvalue weighted by Crippen LogP contribution is -1.73. The van der Waals surface area contributed by atoms with Crippen molar-refractivity contribution in [1.29, 1.82) is 0 Å². The van der Waals surface area contributed by atoms with Crippen molar-refractivity contribution in [2.75, 3.05) is 0 Å². The molecule has 2 heteroatoms. The minimum absolute atomic E-state index is 0.133. The van der Waals surface area contributed by atoms with E-state index in [1.165, 1.54) is 12.2 Å². The number of hydrogen-bond donors (Lipinski definition) is 1. The summed E-state index contributed by atoms with van der Waals surface area (Å²) in [7, 11) is 0. The number of halogens is 1. The lowest BCUT2D eigenvalue weighted by Gasteiger charge is -1.88. The van der Waals surface area contributed by atoms with Gasteiger partial charge in [-0.2, -0.15) is 0 Å². The first-order valence-corrected chi connectivity index (χ1v) is 3.42. The van der Waals surface area contributed by atoms with Gasteiger partial charge in [0.15, 0.2) is 0 Å². The molecule has 0 spiro atoms. The minimum atomic E-state index is -0.133. The highest BCUT2D eigenvalue weighted by atomic mass is 35.5. The summed E-state index contributed by atoms with van der Waals surface area (Å²) < 4.78 is 0. The van der Waals surface area contributed by atoms with E-state index in [-0.39, 0.29) is 10.8 Å². The van der Waals surface area contributed by atoms with E-state index in [1.807, 2.05) is 13.8 Å². The fourth-order valence-electron chi connectivity index (χ4n) is 0.200. The lowest BCUT2D eigenvalue weighted by atomic mass is 10.4. The highest BCUT2D eigenvalue weighted by Crippen LogP contribution is 2.07. The van der Waals surface area contributed by atoms with Crippen LogP contribution in [-0.4, -0.2) is 5.11 Å². The molecule has 0 saturated carbocycles. The molecule has 0 rings (SSSR count). The first-order valence-electron chi connectivity index (χ1n) is 3.05. The Hall–Kier alpha value is -0.690. The first-order chi connectivity index (χ1) is 4.68. The normalized spacial score (nSPS) is 9.30. The fourth-order valence-corrected chi connectivity index (χ4v) is 0.289. The van der Waals surface area contributed by atoms with Crippen molar-refractivity contribution in [3.8, 4) is 0 Å². The predicted molar refractivity (Wildman–Crippen MR) is 47.2 cm³/mol. The Balaban J connectivity index is 0. The topological polar surface area (TPSA) is 20.2 Å². The third kappa shape index (κ3) is 7.31. The number of hydrogen-bond acceptors (Lipinski definition) is 1. The van der Waals surface area contributed by atoms with Crippen LogP contribution in [0.1, 0.15) is 13.8 Å². The fraction of sp³-hybridized carbons (Fsp3) is 0.250. The molecule has 0 aromatic rings. The summed E-state index contributed by atoms with van der Waals surface area (Å²) in [4.78, 5) is 0. The molecule has 1 nitrogen and oxygen atoms in total. The van der Waals surface area contributed by atoms with Crippen LogP contribution in [0.5, 0.6) is 0 Å². The maximum absolute atomic E-state index is 8.51. The van der Waals surface area contributed by atoms with E-state index in [4.69, 9.17) is 16.7 Å². The van der Waals surface area contributed by atoms with Gasteiger partial charge in [0.2, 0.25) is 0 Å². The molecule has 0 amide bonds. The largest absolute Gasteiger partial charge is 0.507 e. The van der Waals surface area contributed by atoms with Gasteiger partial charge in [-0.15, -0.1) is 0 Å². The zero-order valence-corrected chi connectivity index (χ0v) is 7.15. The third-order valence-corrected chi connectivity index (χ3v) is 0.884. The highest BCUT2D eigenvalue weighted by molar-refractivity contribution is 6.31. The first kappa shape index (κ1) is 12.0. The van der Waals surface area contributed by atoms with E-state index < -0.39 is 0 Å². The Bertz CT molecular complexity index is 136. The molecule has 0 aliphatic heterocycles. The third-order valence-electron chi connectivity index (χ3n) is 0.540. The van der Waals surface area contributed by atoms with Crippen LogP contribution >= 0.6 is 11.6 Å². The summed E-state index contributed by atoms with van der Waals surface area (Å²) in [5, 5.41) is 8.73. The van der Waals surface area contributed by atoms with Gasteiger partial charge >= 0.3 is 0 Å². The van der Waals surface area contributed by atoms with Crippen LogP contribution in [0.4, 0.5) is 0 Å². The second-order valence-electron chi connectivity index (χ2n) is 1.20. The Morgan fingerprint density at radius 2 is 1.90 bits per heavy atom. The van der Waals surface area contributed by atoms with Gasteiger partial charge in [0.25, 0.3) is 0 Å². The molecule has 0 aliphatic rings. The predicted octanol–water partition coefficient (Wildman–Crippen LogP) is 3.39. The van der Waals surface area contributed by atoms with Crippen molar-refractivity contribution in [1.82, 2.24) is 0 Å². The SMILES string of the molecule is C=C/C=C(/Cl)C(=C)O.CC. The summed E-state index contributed by atoms with van der Waals surface area (Å²) in [5.41, 5.74) is 0. The number of aliphatic hydroxyl groups excluding tert-OH is 1. The van der Waals surface area contributed by atoms with E-state index in [2.05, 4.69) is 13.2 Å². The Labute approximate surface area is 67.3 Å². The standard InChI is InChI=1S/C6H7ClO.C2H6/c1-3-4-6(7)5(2)8;1-2/h3-4,8H,1-2H2;1-2H3/b6-4+;. The van der Waals surface area contributed by atoms with Crippen LogP contribution in [0.25, 0.3) is 0 Å². The second kappa shape index (κ2) is 8.31. The summed E-state index contributed by atoms with van der Waals surface area (Å²) in [6.45, 7) is 10.6. The Morgan fingerprint density at radius 3 is 2.00 bits per heavy atom. The van der Waals surface area contributed by atoms with Crippen LogP contribution in [0.2, 0.25) is 0 Å². The van der Waals surface area contributed by atoms with Crippen molar-refractivity contribution >= 4 is 11.6 Å². The monoisotopic (exact) mass is 160 g/mol. The molecule has 1 N–H and O–H groups in total. The quantitative estimate of drug-likeness (QED) is 0.485. The number of allylic oxidation sites excluding steroid dienone is 3. The van der Waals surface area contributed by atoms with E-state index in [0.717, 1.165) is 0 Å². The van der Waals surface area contributed by atoms with Crippen LogP contribution in [0, 0.1) is 0 Å². The molecule has 58 valence electrons. The maximum atomic E-state index is 8.51. The molecule has 0 atom stereocenters. The molecule has 0 unspecified atom stereocenters. The summed E-state index contributed by atoms with van der Waals surface area (Å²) in [6.07, 6.45) is 2.94. The lowest BCUT2D eigenvalue weighted by molar-refractivity contribution is 0.432. The number of rotatable bonds is 2. The van der Waals surface area contributed by atoms with Gasteiger partial charge < -0.3 is 5.11 Å². The zero-order valence-electron chi connectivity index (χ0n) is 6.39. The highest BCUT2D eigenvalue weighted by Gasteiger charge is 1.89. The van der Waals surface area contributed by atoms with Crippen molar-refractivity contribution in [2.45, 2.75) is 13.8 Å². The Kier molecular flexibility index (Phi) is 10.00. The van der Waals surface area contributed by atoms with E-state index in [9.17, 15) is 0 Å². The van der Waals surface area contributed by atoms with Gasteiger partial charge in [-0.05, 0) is 6.08 Å². The van der Waals surface area contributed by atoms with Gasteiger partial charge in [-0.25, -0.2) is 0 Å². The van der Waals surface area contributed by atoms with Gasteiger partial charge in [0.05, 0.1) is 5.03 Å². The van der Waals surface area contributed by atoms with Crippen molar-refractivity contribution in [3.63, 3.8) is 0 Å². The second-order valence-corrected chi connectivity index (χ2v) is 1.60. The average Bonchev–Trinajstić information content (AvgIpc) is 1.93. The zero-order chi connectivity index (χ0) is 8.57. The Morgan fingerprint density at radius 1 is 1.50 bits per heavy atom. The molecule has 0 bridgehead atoms. The molecule has 0 aromatic carbocycles. The van der Waals surface area contributed by atoms with Crippen LogP contribution < -0.4 is 0 Å². The van der Waals surface area contributed by atoms with E-state index in [0.29, 0.717) is 0 Å². The van der Waals surface area contributed by atoms with E-state index >= 15 is 0 Å². The van der Waals surface area contributed by atoms with Crippen molar-refractivity contribution in [2.24, 2.45) is 0 Å². The van der Waals surface area contributed by atoms with Crippen LogP contribution in [-0.2, 0) is 0 Å². The van der Waals surface area contributed by atoms with E-state index in [1.54, 1.807) is 0 Å². The molecule has 0 radical (unpaired) electrons. The van der Waals surface area contributed by atoms with Gasteiger partial charge in [0.1, 0.15) is 5.76 Å². The van der Waals surface area contributed by atoms with Gasteiger partial charge in [0, 0.05) is 0 Å². The summed E-state index contributed by atoms with van der Waals surface area (Å²) in [5.74, 6) is -0.133. The number of aliphatic hydroxyl groups is 1. The molecule has 10 heavy (non-hydrogen) atoms. The molecular weight excluding hydrogens is 148 g/mol. The smallest absolute Gasteiger partial charge is 0.127 e. The summed E-state index contributed by atoms with van der Waals surface area (Å²) in [6, 6.07) is 0. The van der Waals surface area contributed by atoms with Gasteiger partial charge in [-0.1, -0.05) is 44.7 Å². The van der Waals surface area contributed by atoms with Crippen LogP contribution in [0.15, 0.2) is 36.1 Å². The van der Waals surface area contributed by atoms with Crippen molar-refractivity contribution < 1.29 is 5.11 Å². The minimum Gasteiger partial charge on any atom is -0.507 e. The van der Waals surface area contributed by atoms with Crippen molar-refractivity contribution in [3.05, 3.63) is 36.1 Å². The molecular formula is C8H13ClO. The average molecular weight is 161 g/mol. The van der Waals surface area contributed by atoms with Crippen LogP contribution in [0.3, 0.4) is 0 Å². The van der Waals surface area contributed by atoms with Gasteiger partial charge in [-0.3, -0.25) is 0 Å². The molecule has 0 heterocycles. The molecule has 0 saturated heterocycles.